The number of carbonyl (C=O) groups is 1. The maximum atomic E-state index is 11.8. The summed E-state index contributed by atoms with van der Waals surface area (Å²) in [6.07, 6.45) is 4.96. The van der Waals surface area contributed by atoms with E-state index in [1.807, 2.05) is 12.1 Å². The van der Waals surface area contributed by atoms with Crippen molar-refractivity contribution in [1.29, 1.82) is 0 Å². The molecule has 0 unspecified atom stereocenters. The quantitative estimate of drug-likeness (QED) is 0.337. The van der Waals surface area contributed by atoms with Gasteiger partial charge in [-0.05, 0) is 48.4 Å². The molecule has 0 heterocycles. The summed E-state index contributed by atoms with van der Waals surface area (Å²) >= 11 is 0. The minimum atomic E-state index is 0.0609. The molecule has 1 aromatic rings. The van der Waals surface area contributed by atoms with E-state index in [0.717, 1.165) is 18.4 Å². The normalized spacial score (nSPS) is 13.6. The van der Waals surface area contributed by atoms with Crippen LogP contribution in [0.1, 0.15) is 40.7 Å². The van der Waals surface area contributed by atoms with Crippen molar-refractivity contribution in [3.8, 4) is 0 Å². The fraction of sp³-hybridized carbons (Fsp3) is 0.462. The van der Waals surface area contributed by atoms with E-state index in [2.05, 4.69) is 16.1 Å². The number of aryl methyl sites for hydroxylation is 2. The molecule has 1 aliphatic rings. The van der Waals surface area contributed by atoms with Crippen LogP contribution in [0, 0.1) is 0 Å². The van der Waals surface area contributed by atoms with Crippen LogP contribution in [-0.2, 0) is 12.8 Å². The van der Waals surface area contributed by atoms with Crippen molar-refractivity contribution < 1.29 is 4.79 Å². The Morgan fingerprint density at radius 1 is 1.29 bits per heavy atom. The van der Waals surface area contributed by atoms with E-state index in [0.29, 0.717) is 6.42 Å². The number of ketones is 1. The predicted molar refractivity (Wildman–Crippen MR) is 66.0 cm³/mol. The molecular weight excluding hydrogens is 214 g/mol. The van der Waals surface area contributed by atoms with Crippen molar-refractivity contribution in [2.75, 3.05) is 6.54 Å². The second kappa shape index (κ2) is 5.51. The molecule has 0 saturated carbocycles. The molecule has 0 amide bonds. The number of carbonyl (C=O) groups excluding carboxylic acids is 1. The van der Waals surface area contributed by atoms with E-state index in [-0.39, 0.29) is 12.3 Å². The summed E-state index contributed by atoms with van der Waals surface area (Å²) in [4.78, 5) is 14.5. The van der Waals surface area contributed by atoms with Crippen LogP contribution < -0.4 is 0 Å². The Balaban J connectivity index is 2.10. The van der Waals surface area contributed by atoms with E-state index in [9.17, 15) is 4.79 Å². The number of nitrogens with zero attached hydrogens (tertiary/aromatic N) is 3. The highest BCUT2D eigenvalue weighted by molar-refractivity contribution is 5.96. The van der Waals surface area contributed by atoms with E-state index >= 15 is 0 Å². The summed E-state index contributed by atoms with van der Waals surface area (Å²) in [6, 6.07) is 5.96. The molecule has 0 bridgehead atoms. The zero-order valence-electron chi connectivity index (χ0n) is 9.72. The van der Waals surface area contributed by atoms with Crippen molar-refractivity contribution in [3.63, 3.8) is 0 Å². The molecule has 0 saturated heterocycles. The van der Waals surface area contributed by atoms with Crippen LogP contribution in [0.4, 0.5) is 0 Å². The monoisotopic (exact) mass is 229 g/mol. The van der Waals surface area contributed by atoms with Gasteiger partial charge in [0.2, 0.25) is 0 Å². The Labute approximate surface area is 100 Å². The van der Waals surface area contributed by atoms with Gasteiger partial charge >= 0.3 is 0 Å². The number of hydrogen-bond donors (Lipinski definition) is 0. The smallest absolute Gasteiger partial charge is 0.163 e. The van der Waals surface area contributed by atoms with Gasteiger partial charge in [0.1, 0.15) is 0 Å². The highest BCUT2D eigenvalue weighted by Gasteiger charge is 2.12. The van der Waals surface area contributed by atoms with Gasteiger partial charge in [-0.2, -0.15) is 0 Å². The lowest BCUT2D eigenvalue weighted by Gasteiger charge is -2.16. The maximum Gasteiger partial charge on any atom is 0.163 e. The number of rotatable bonds is 4. The fourth-order valence-corrected chi connectivity index (χ4v) is 2.25. The third kappa shape index (κ3) is 2.86. The molecule has 88 valence electrons. The third-order valence-corrected chi connectivity index (χ3v) is 3.17. The molecule has 0 fully saturated rings. The average Bonchev–Trinajstić information content (AvgIpc) is 2.38. The van der Waals surface area contributed by atoms with Gasteiger partial charge in [-0.25, -0.2) is 0 Å². The van der Waals surface area contributed by atoms with Crippen molar-refractivity contribution in [1.82, 2.24) is 0 Å². The van der Waals surface area contributed by atoms with Crippen LogP contribution in [0.2, 0.25) is 0 Å². The van der Waals surface area contributed by atoms with Gasteiger partial charge in [0.15, 0.2) is 5.78 Å². The standard InChI is InChI=1S/C13H15N3O/c14-16-15-8-7-13(17)12-6-5-10-3-1-2-4-11(10)9-12/h5-6,9H,1-4,7-8H2. The zero-order valence-corrected chi connectivity index (χ0v) is 9.72. The summed E-state index contributed by atoms with van der Waals surface area (Å²) in [5.74, 6) is 0.0609. The van der Waals surface area contributed by atoms with Gasteiger partial charge < -0.3 is 0 Å². The highest BCUT2D eigenvalue weighted by Crippen LogP contribution is 2.22. The molecule has 0 aromatic heterocycles. The lowest BCUT2D eigenvalue weighted by molar-refractivity contribution is 0.0985. The molecule has 0 N–H and O–H groups in total. The van der Waals surface area contributed by atoms with Gasteiger partial charge in [0.05, 0.1) is 0 Å². The topological polar surface area (TPSA) is 65.8 Å². The van der Waals surface area contributed by atoms with Gasteiger partial charge in [-0.3, -0.25) is 4.79 Å². The fourth-order valence-electron chi connectivity index (χ4n) is 2.25. The van der Waals surface area contributed by atoms with Gasteiger partial charge in [0.25, 0.3) is 0 Å². The summed E-state index contributed by atoms with van der Waals surface area (Å²) < 4.78 is 0. The van der Waals surface area contributed by atoms with E-state index in [1.165, 1.54) is 24.0 Å². The predicted octanol–water partition coefficient (Wildman–Crippen LogP) is 3.45. The highest BCUT2D eigenvalue weighted by atomic mass is 16.1. The van der Waals surface area contributed by atoms with Crippen LogP contribution >= 0.6 is 0 Å². The minimum absolute atomic E-state index is 0.0609. The van der Waals surface area contributed by atoms with Crippen LogP contribution in [0.3, 0.4) is 0 Å². The molecule has 0 atom stereocenters. The number of fused-ring (bicyclic) bond motifs is 1. The Hall–Kier alpha value is -1.80. The molecule has 0 aliphatic heterocycles. The molecule has 0 spiro atoms. The number of azide groups is 1. The largest absolute Gasteiger partial charge is 0.294 e. The summed E-state index contributed by atoms with van der Waals surface area (Å²) in [7, 11) is 0. The Bertz CT molecular complexity index is 476. The number of Topliss-reactive ketones (excluding diaryl/α,β-unsaturated/α-hetero) is 1. The van der Waals surface area contributed by atoms with Gasteiger partial charge in [-0.1, -0.05) is 17.2 Å². The SMILES string of the molecule is [N-]=[N+]=NCCC(=O)c1ccc2c(c1)CCCC2. The molecule has 4 heteroatoms. The van der Waals surface area contributed by atoms with Crippen molar-refractivity contribution in [3.05, 3.63) is 45.3 Å². The van der Waals surface area contributed by atoms with Gasteiger partial charge in [0, 0.05) is 23.4 Å². The van der Waals surface area contributed by atoms with E-state index < -0.39 is 0 Å². The first-order valence-corrected chi connectivity index (χ1v) is 5.97. The van der Waals surface area contributed by atoms with Crippen molar-refractivity contribution >= 4 is 5.78 Å². The lowest BCUT2D eigenvalue weighted by Crippen LogP contribution is -2.06. The first kappa shape index (κ1) is 11.7. The lowest BCUT2D eigenvalue weighted by atomic mass is 9.89. The first-order valence-electron chi connectivity index (χ1n) is 5.97. The van der Waals surface area contributed by atoms with E-state index in [4.69, 9.17) is 5.53 Å². The van der Waals surface area contributed by atoms with Crippen LogP contribution in [0.25, 0.3) is 10.4 Å². The van der Waals surface area contributed by atoms with Crippen molar-refractivity contribution in [2.24, 2.45) is 5.11 Å². The van der Waals surface area contributed by atoms with Crippen LogP contribution in [0.5, 0.6) is 0 Å². The molecule has 1 aromatic carbocycles. The summed E-state index contributed by atoms with van der Waals surface area (Å²) in [5.41, 5.74) is 11.6. The third-order valence-electron chi connectivity index (χ3n) is 3.17. The Morgan fingerprint density at radius 2 is 2.06 bits per heavy atom. The second-order valence-corrected chi connectivity index (χ2v) is 4.32. The molecule has 4 nitrogen and oxygen atoms in total. The van der Waals surface area contributed by atoms with Crippen LogP contribution in [0.15, 0.2) is 23.3 Å². The number of hydrogen-bond acceptors (Lipinski definition) is 2. The van der Waals surface area contributed by atoms with Gasteiger partial charge in [-0.15, -0.1) is 0 Å². The van der Waals surface area contributed by atoms with Crippen molar-refractivity contribution in [2.45, 2.75) is 32.1 Å². The minimum Gasteiger partial charge on any atom is -0.294 e. The first-order chi connectivity index (χ1) is 8.31. The maximum absolute atomic E-state index is 11.8. The molecule has 2 rings (SSSR count). The summed E-state index contributed by atoms with van der Waals surface area (Å²) in [6.45, 7) is 0.242. The number of benzene rings is 1. The summed E-state index contributed by atoms with van der Waals surface area (Å²) in [5, 5.41) is 3.38. The molecular formula is C13H15N3O. The molecule has 1 aliphatic carbocycles. The second-order valence-electron chi connectivity index (χ2n) is 4.32. The molecule has 0 radical (unpaired) electrons. The average molecular weight is 229 g/mol. The Kier molecular flexibility index (Phi) is 3.78. The van der Waals surface area contributed by atoms with E-state index in [1.54, 1.807) is 0 Å². The zero-order chi connectivity index (χ0) is 12.1. The Morgan fingerprint density at radius 3 is 2.82 bits per heavy atom. The molecule has 17 heavy (non-hydrogen) atoms. The van der Waals surface area contributed by atoms with Crippen LogP contribution in [-0.4, -0.2) is 12.3 Å².